The third-order valence-electron chi connectivity index (χ3n) is 4.92. The first-order valence-corrected chi connectivity index (χ1v) is 8.14. The number of ketones is 1. The molecule has 3 N–H and O–H groups in total. The Labute approximate surface area is 142 Å². The second-order valence-electron chi connectivity index (χ2n) is 6.42. The Bertz CT molecular complexity index is 1190. The first-order chi connectivity index (χ1) is 12.1. The zero-order valence-electron chi connectivity index (χ0n) is 13.3. The number of nitrogen functional groups attached to an aromatic ring is 1. The third-order valence-corrected chi connectivity index (χ3v) is 4.92. The normalized spacial score (nSPS) is 13.7. The van der Waals surface area contributed by atoms with Gasteiger partial charge in [0.2, 0.25) is 0 Å². The van der Waals surface area contributed by atoms with Crippen LogP contribution in [0.1, 0.15) is 22.5 Å². The van der Waals surface area contributed by atoms with Crippen molar-refractivity contribution >= 4 is 33.1 Å². The molecule has 0 fully saturated rings. The fourth-order valence-corrected chi connectivity index (χ4v) is 3.67. The monoisotopic (exact) mass is 331 g/mol. The summed E-state index contributed by atoms with van der Waals surface area (Å²) in [6.45, 7) is 0. The van der Waals surface area contributed by atoms with Crippen LogP contribution in [0.25, 0.3) is 32.9 Å². The van der Waals surface area contributed by atoms with Gasteiger partial charge < -0.3 is 10.7 Å². The topological polar surface area (TPSA) is 71.8 Å². The Balaban J connectivity index is 1.78. The number of hydrogen-bond acceptors (Lipinski definition) is 3. The molecule has 2 heterocycles. The lowest BCUT2D eigenvalue weighted by Crippen LogP contribution is -1.92. The highest BCUT2D eigenvalue weighted by atomic mass is 19.1. The number of pyridine rings is 1. The molecule has 5 heteroatoms. The van der Waals surface area contributed by atoms with E-state index in [0.717, 1.165) is 44.9 Å². The zero-order valence-corrected chi connectivity index (χ0v) is 13.3. The molecule has 4 nitrogen and oxygen atoms in total. The molecule has 5 rings (SSSR count). The average Bonchev–Trinajstić information content (AvgIpc) is 3.17. The molecular formula is C20H14FN3O. The molecule has 0 aliphatic heterocycles. The molecule has 0 amide bonds. The molecule has 0 spiro atoms. The van der Waals surface area contributed by atoms with Crippen LogP contribution in [0, 0.1) is 5.82 Å². The van der Waals surface area contributed by atoms with Crippen molar-refractivity contribution in [1.29, 1.82) is 0 Å². The molecule has 0 unspecified atom stereocenters. The zero-order chi connectivity index (χ0) is 17.1. The van der Waals surface area contributed by atoms with Gasteiger partial charge in [0.25, 0.3) is 0 Å². The molecule has 0 saturated carbocycles. The number of aromatic nitrogens is 2. The van der Waals surface area contributed by atoms with Crippen LogP contribution in [-0.4, -0.2) is 15.8 Å². The summed E-state index contributed by atoms with van der Waals surface area (Å²) in [5.74, 6) is -0.243. The second kappa shape index (κ2) is 4.89. The number of H-pyrrole nitrogens is 1. The number of nitrogens with two attached hydrogens (primary N) is 1. The highest BCUT2D eigenvalue weighted by Crippen LogP contribution is 2.35. The van der Waals surface area contributed by atoms with Crippen LogP contribution in [0.3, 0.4) is 0 Å². The molecule has 0 saturated heterocycles. The third kappa shape index (κ3) is 1.99. The number of Topliss-reactive ketones (excluding diaryl/α,β-unsaturated/α-hetero) is 1. The van der Waals surface area contributed by atoms with Crippen LogP contribution in [0.5, 0.6) is 0 Å². The predicted molar refractivity (Wildman–Crippen MR) is 96.1 cm³/mol. The van der Waals surface area contributed by atoms with Crippen molar-refractivity contribution in [3.63, 3.8) is 0 Å². The van der Waals surface area contributed by atoms with Gasteiger partial charge in [0.1, 0.15) is 5.82 Å². The molecule has 2 aromatic carbocycles. The minimum absolute atomic E-state index is 0.0991. The summed E-state index contributed by atoms with van der Waals surface area (Å²) in [5, 5.41) is 2.94. The van der Waals surface area contributed by atoms with Crippen molar-refractivity contribution in [3.8, 4) is 11.3 Å². The lowest BCUT2D eigenvalue weighted by atomic mass is 10.0. The molecule has 0 atom stereocenters. The molecule has 0 bridgehead atoms. The predicted octanol–water partition coefficient (Wildman–Crippen LogP) is 4.23. The summed E-state index contributed by atoms with van der Waals surface area (Å²) in [5.41, 5.74) is 10.0. The van der Waals surface area contributed by atoms with Crippen molar-refractivity contribution in [2.75, 3.05) is 5.73 Å². The van der Waals surface area contributed by atoms with Crippen molar-refractivity contribution < 1.29 is 9.18 Å². The average molecular weight is 331 g/mol. The number of halogens is 1. The molecule has 4 aromatic rings. The van der Waals surface area contributed by atoms with Crippen LogP contribution in [-0.2, 0) is 6.42 Å². The van der Waals surface area contributed by atoms with Crippen LogP contribution in [0.2, 0.25) is 0 Å². The van der Waals surface area contributed by atoms with Gasteiger partial charge in [-0.2, -0.15) is 0 Å². The van der Waals surface area contributed by atoms with Crippen molar-refractivity contribution in [2.45, 2.75) is 12.8 Å². The SMILES string of the molecule is Nc1cc(-c2cc3c(ccc4c5c([nH]c43)CCC5=O)cn2)ccc1F. The van der Waals surface area contributed by atoms with E-state index in [9.17, 15) is 9.18 Å². The first-order valence-electron chi connectivity index (χ1n) is 8.14. The van der Waals surface area contributed by atoms with Gasteiger partial charge in [0.05, 0.1) is 16.9 Å². The number of aromatic amines is 1. The number of rotatable bonds is 1. The fraction of sp³-hybridized carbons (Fsp3) is 0.100. The number of carbonyl (C=O) groups excluding carboxylic acids is 1. The Morgan fingerprint density at radius 2 is 1.96 bits per heavy atom. The van der Waals surface area contributed by atoms with Crippen LogP contribution >= 0.6 is 0 Å². The summed E-state index contributed by atoms with van der Waals surface area (Å²) >= 11 is 0. The maximum atomic E-state index is 13.4. The van der Waals surface area contributed by atoms with E-state index in [2.05, 4.69) is 9.97 Å². The first kappa shape index (κ1) is 14.2. The maximum Gasteiger partial charge on any atom is 0.165 e. The largest absolute Gasteiger partial charge is 0.396 e. The standard InChI is InChI=1S/C20H14FN3O/c21-14-4-2-10(7-15(14)22)17-8-13-11(9-23-17)1-3-12-19-16(24-20(12)13)5-6-18(19)25/h1-4,7-9,24H,5-6,22H2. The number of benzene rings is 2. The summed E-state index contributed by atoms with van der Waals surface area (Å²) in [7, 11) is 0. The number of fused-ring (bicyclic) bond motifs is 5. The molecule has 1 aliphatic carbocycles. The van der Waals surface area contributed by atoms with E-state index in [4.69, 9.17) is 5.73 Å². The summed E-state index contributed by atoms with van der Waals surface area (Å²) in [4.78, 5) is 20.0. The maximum absolute atomic E-state index is 13.4. The lowest BCUT2D eigenvalue weighted by molar-refractivity contribution is 0.0996. The van der Waals surface area contributed by atoms with Gasteiger partial charge >= 0.3 is 0 Å². The number of anilines is 1. The summed E-state index contributed by atoms with van der Waals surface area (Å²) < 4.78 is 13.4. The van der Waals surface area contributed by atoms with E-state index < -0.39 is 5.82 Å². The highest BCUT2D eigenvalue weighted by Gasteiger charge is 2.25. The quantitative estimate of drug-likeness (QED) is 0.513. The van der Waals surface area contributed by atoms with Gasteiger partial charge in [-0.3, -0.25) is 9.78 Å². The molecule has 0 radical (unpaired) electrons. The molecular weight excluding hydrogens is 317 g/mol. The summed E-state index contributed by atoms with van der Waals surface area (Å²) in [6, 6.07) is 10.5. The number of nitrogens with one attached hydrogen (secondary N) is 1. The smallest absolute Gasteiger partial charge is 0.165 e. The van der Waals surface area contributed by atoms with Gasteiger partial charge in [0.15, 0.2) is 5.78 Å². The van der Waals surface area contributed by atoms with E-state index in [1.807, 2.05) is 18.2 Å². The Hall–Kier alpha value is -3.21. The molecule has 25 heavy (non-hydrogen) atoms. The fourth-order valence-electron chi connectivity index (χ4n) is 3.67. The van der Waals surface area contributed by atoms with Crippen molar-refractivity contribution in [3.05, 3.63) is 59.7 Å². The van der Waals surface area contributed by atoms with E-state index in [1.165, 1.54) is 6.07 Å². The number of carbonyl (C=O) groups is 1. The molecule has 1 aliphatic rings. The van der Waals surface area contributed by atoms with E-state index in [0.29, 0.717) is 12.1 Å². The Morgan fingerprint density at radius 3 is 2.80 bits per heavy atom. The number of nitrogens with zero attached hydrogens (tertiary/aromatic N) is 1. The van der Waals surface area contributed by atoms with E-state index >= 15 is 0 Å². The van der Waals surface area contributed by atoms with Gasteiger partial charge in [0, 0.05) is 45.6 Å². The van der Waals surface area contributed by atoms with Crippen LogP contribution < -0.4 is 5.73 Å². The minimum Gasteiger partial charge on any atom is -0.396 e. The Morgan fingerprint density at radius 1 is 1.08 bits per heavy atom. The van der Waals surface area contributed by atoms with Crippen molar-refractivity contribution in [2.24, 2.45) is 0 Å². The number of aryl methyl sites for hydroxylation is 1. The van der Waals surface area contributed by atoms with Gasteiger partial charge in [-0.25, -0.2) is 4.39 Å². The minimum atomic E-state index is -0.439. The summed E-state index contributed by atoms with van der Waals surface area (Å²) in [6.07, 6.45) is 3.12. The van der Waals surface area contributed by atoms with Gasteiger partial charge in [-0.15, -0.1) is 0 Å². The van der Waals surface area contributed by atoms with E-state index in [-0.39, 0.29) is 11.5 Å². The van der Waals surface area contributed by atoms with E-state index in [1.54, 1.807) is 18.3 Å². The lowest BCUT2D eigenvalue weighted by Gasteiger charge is -2.06. The molecule has 2 aromatic heterocycles. The van der Waals surface area contributed by atoms with Crippen LogP contribution in [0.15, 0.2) is 42.6 Å². The highest BCUT2D eigenvalue weighted by molar-refractivity contribution is 6.17. The Kier molecular flexibility index (Phi) is 2.77. The van der Waals surface area contributed by atoms with Gasteiger partial charge in [-0.05, 0) is 30.7 Å². The van der Waals surface area contributed by atoms with Crippen molar-refractivity contribution in [1.82, 2.24) is 9.97 Å². The second-order valence-corrected chi connectivity index (χ2v) is 6.42. The number of hydrogen-bond donors (Lipinski definition) is 2. The van der Waals surface area contributed by atoms with Crippen LogP contribution in [0.4, 0.5) is 10.1 Å². The van der Waals surface area contributed by atoms with Gasteiger partial charge in [-0.1, -0.05) is 12.1 Å². The molecule has 122 valence electrons.